The fraction of sp³-hybridized carbons (Fsp3) is 0.375. The lowest BCUT2D eigenvalue weighted by atomic mass is 10.1. The Labute approximate surface area is 259 Å². The first-order chi connectivity index (χ1) is 20.5. The zero-order valence-electron chi connectivity index (χ0n) is 25.6. The molecule has 0 heterocycles. The summed E-state index contributed by atoms with van der Waals surface area (Å²) in [5, 5.41) is 2.90. The molecule has 43 heavy (non-hydrogen) atoms. The van der Waals surface area contributed by atoms with Crippen LogP contribution >= 0.6 is 11.8 Å². The molecule has 0 aliphatic carbocycles. The molecule has 11 heteroatoms. The van der Waals surface area contributed by atoms with Crippen molar-refractivity contribution >= 4 is 39.3 Å². The fourth-order valence-corrected chi connectivity index (χ4v) is 6.37. The minimum absolute atomic E-state index is 0.0518. The van der Waals surface area contributed by atoms with Gasteiger partial charge in [-0.3, -0.25) is 13.9 Å². The van der Waals surface area contributed by atoms with Gasteiger partial charge in [-0.05, 0) is 99.7 Å². The summed E-state index contributed by atoms with van der Waals surface area (Å²) in [6.45, 7) is 7.40. The molecular weight excluding hydrogens is 587 g/mol. The second-order valence-electron chi connectivity index (χ2n) is 10.1. The molecule has 0 aromatic heterocycles. The Bertz CT molecular complexity index is 1460. The first-order valence-corrected chi connectivity index (χ1v) is 16.8. The number of nitrogens with zero attached hydrogens (tertiary/aromatic N) is 2. The van der Waals surface area contributed by atoms with Crippen molar-refractivity contribution in [2.75, 3.05) is 30.8 Å². The molecule has 0 spiro atoms. The molecule has 1 N–H and O–H groups in total. The number of ether oxygens (including phenoxy) is 2. The minimum atomic E-state index is -4.17. The third-order valence-electron chi connectivity index (χ3n) is 6.67. The maximum absolute atomic E-state index is 14.2. The first kappa shape index (κ1) is 33.8. The van der Waals surface area contributed by atoms with Crippen molar-refractivity contribution in [1.82, 2.24) is 10.2 Å². The molecule has 0 radical (unpaired) electrons. The number of hydrogen-bond acceptors (Lipinski definition) is 7. The van der Waals surface area contributed by atoms with Gasteiger partial charge in [-0.1, -0.05) is 19.1 Å². The summed E-state index contributed by atoms with van der Waals surface area (Å²) in [4.78, 5) is 29.9. The molecule has 2 amide bonds. The zero-order chi connectivity index (χ0) is 31.6. The lowest BCUT2D eigenvalue weighted by Gasteiger charge is -2.33. The average molecular weight is 628 g/mol. The molecule has 9 nitrogen and oxygen atoms in total. The molecular formula is C32H41N3O6S2. The highest BCUT2D eigenvalue weighted by Gasteiger charge is 2.34. The number of sulfonamides is 1. The maximum atomic E-state index is 14.2. The number of nitrogens with one attached hydrogen (secondary N) is 1. The molecule has 3 aromatic rings. The summed E-state index contributed by atoms with van der Waals surface area (Å²) in [7, 11) is -2.62. The van der Waals surface area contributed by atoms with E-state index in [1.807, 2.05) is 40.0 Å². The van der Waals surface area contributed by atoms with Gasteiger partial charge < -0.3 is 19.7 Å². The second kappa shape index (κ2) is 15.7. The molecule has 0 saturated carbocycles. The van der Waals surface area contributed by atoms with Crippen LogP contribution in [-0.4, -0.2) is 63.7 Å². The summed E-state index contributed by atoms with van der Waals surface area (Å²) >= 11 is 1.50. The minimum Gasteiger partial charge on any atom is -0.497 e. The van der Waals surface area contributed by atoms with Crippen LogP contribution in [0, 0.1) is 0 Å². The monoisotopic (exact) mass is 627 g/mol. The fourth-order valence-electron chi connectivity index (χ4n) is 4.55. The van der Waals surface area contributed by atoms with Crippen LogP contribution in [-0.2, 0) is 26.2 Å². The van der Waals surface area contributed by atoms with Crippen LogP contribution in [0.4, 0.5) is 5.69 Å². The third-order valence-corrected chi connectivity index (χ3v) is 9.20. The molecule has 1 unspecified atom stereocenters. The Morgan fingerprint density at radius 1 is 0.953 bits per heavy atom. The summed E-state index contributed by atoms with van der Waals surface area (Å²) in [5.74, 6) is 0.357. The Balaban J connectivity index is 2.08. The summed E-state index contributed by atoms with van der Waals surface area (Å²) < 4.78 is 40.2. The smallest absolute Gasteiger partial charge is 0.264 e. The Kier molecular flexibility index (Phi) is 12.3. The second-order valence-corrected chi connectivity index (χ2v) is 12.8. The van der Waals surface area contributed by atoms with Gasteiger partial charge in [0.1, 0.15) is 24.1 Å². The molecule has 1 atom stereocenters. The van der Waals surface area contributed by atoms with E-state index >= 15 is 0 Å². The van der Waals surface area contributed by atoms with E-state index in [2.05, 4.69) is 5.32 Å². The molecule has 0 bridgehead atoms. The van der Waals surface area contributed by atoms with Crippen molar-refractivity contribution in [1.29, 1.82) is 0 Å². The largest absolute Gasteiger partial charge is 0.497 e. The van der Waals surface area contributed by atoms with Crippen molar-refractivity contribution in [3.05, 3.63) is 78.4 Å². The first-order valence-electron chi connectivity index (χ1n) is 14.2. The van der Waals surface area contributed by atoms with Gasteiger partial charge in [0, 0.05) is 17.5 Å². The normalized spacial score (nSPS) is 12.0. The SMILES string of the molecule is CCOc1ccc(N(CC(=O)N(Cc2cccc(OC)c2)C(CC)C(=O)NC(C)C)S(=O)(=O)c2ccc(SC)cc2)cc1. The van der Waals surface area contributed by atoms with E-state index in [-0.39, 0.29) is 23.4 Å². The Morgan fingerprint density at radius 2 is 1.63 bits per heavy atom. The summed E-state index contributed by atoms with van der Waals surface area (Å²) in [6.07, 6.45) is 2.24. The van der Waals surface area contributed by atoms with Crippen LogP contribution in [0.2, 0.25) is 0 Å². The van der Waals surface area contributed by atoms with Crippen molar-refractivity contribution in [3.8, 4) is 11.5 Å². The lowest BCUT2D eigenvalue weighted by molar-refractivity contribution is -0.140. The Hall–Kier alpha value is -3.70. The number of hydrogen-bond donors (Lipinski definition) is 1. The molecule has 0 saturated heterocycles. The van der Waals surface area contributed by atoms with Gasteiger partial charge in [-0.25, -0.2) is 8.42 Å². The van der Waals surface area contributed by atoms with E-state index < -0.39 is 28.5 Å². The van der Waals surface area contributed by atoms with E-state index in [1.165, 1.54) is 28.8 Å². The van der Waals surface area contributed by atoms with Crippen molar-refractivity contribution in [3.63, 3.8) is 0 Å². The predicted octanol–water partition coefficient (Wildman–Crippen LogP) is 5.34. The molecule has 0 aliphatic heterocycles. The van der Waals surface area contributed by atoms with Crippen LogP contribution in [0.3, 0.4) is 0 Å². The van der Waals surface area contributed by atoms with Crippen LogP contribution in [0.5, 0.6) is 11.5 Å². The number of rotatable bonds is 15. The molecule has 3 rings (SSSR count). The summed E-state index contributed by atoms with van der Waals surface area (Å²) in [5.41, 5.74) is 1.04. The number of methoxy groups -OCH3 is 1. The van der Waals surface area contributed by atoms with Crippen molar-refractivity contribution < 1.29 is 27.5 Å². The Morgan fingerprint density at radius 3 is 2.19 bits per heavy atom. The topological polar surface area (TPSA) is 105 Å². The van der Waals surface area contributed by atoms with E-state index in [1.54, 1.807) is 61.7 Å². The van der Waals surface area contributed by atoms with Crippen LogP contribution < -0.4 is 19.1 Å². The number of thioether (sulfide) groups is 1. The standard InChI is InChI=1S/C32H41N3O6S2/c1-7-30(32(37)33-23(3)4)34(21-24-10-9-11-27(20-24)40-5)31(36)22-35(25-12-14-26(15-13-25)41-8-2)43(38,39)29-18-16-28(42-6)17-19-29/h9-20,23,30H,7-8,21-22H2,1-6H3,(H,33,37). The molecule has 232 valence electrons. The van der Waals surface area contributed by atoms with Crippen LogP contribution in [0.15, 0.2) is 82.6 Å². The third kappa shape index (κ3) is 8.90. The summed E-state index contributed by atoms with van der Waals surface area (Å²) in [6, 6.07) is 19.4. The molecule has 0 fully saturated rings. The highest BCUT2D eigenvalue weighted by atomic mass is 32.2. The van der Waals surface area contributed by atoms with E-state index in [4.69, 9.17) is 9.47 Å². The van der Waals surface area contributed by atoms with Gasteiger partial charge in [-0.2, -0.15) is 0 Å². The van der Waals surface area contributed by atoms with Crippen LogP contribution in [0.1, 0.15) is 39.7 Å². The molecule has 0 aliphatic rings. The lowest BCUT2D eigenvalue weighted by Crippen LogP contribution is -2.53. The predicted molar refractivity (Wildman–Crippen MR) is 171 cm³/mol. The van der Waals surface area contributed by atoms with E-state index in [0.717, 1.165) is 14.8 Å². The van der Waals surface area contributed by atoms with Crippen molar-refractivity contribution in [2.45, 2.75) is 62.5 Å². The van der Waals surface area contributed by atoms with Gasteiger partial charge >= 0.3 is 0 Å². The van der Waals surface area contributed by atoms with Gasteiger partial charge in [-0.15, -0.1) is 11.8 Å². The van der Waals surface area contributed by atoms with Gasteiger partial charge in [0.05, 0.1) is 24.3 Å². The number of amides is 2. The zero-order valence-corrected chi connectivity index (χ0v) is 27.2. The average Bonchev–Trinajstić information content (AvgIpc) is 3.00. The van der Waals surface area contributed by atoms with Gasteiger partial charge in [0.15, 0.2) is 0 Å². The molecule has 3 aromatic carbocycles. The number of benzene rings is 3. The van der Waals surface area contributed by atoms with Gasteiger partial charge in [0.2, 0.25) is 11.8 Å². The highest BCUT2D eigenvalue weighted by molar-refractivity contribution is 7.98. The quantitative estimate of drug-likeness (QED) is 0.227. The maximum Gasteiger partial charge on any atom is 0.264 e. The number of carbonyl (C=O) groups excluding carboxylic acids is 2. The van der Waals surface area contributed by atoms with E-state index in [0.29, 0.717) is 30.2 Å². The number of anilines is 1. The van der Waals surface area contributed by atoms with Gasteiger partial charge in [0.25, 0.3) is 10.0 Å². The van der Waals surface area contributed by atoms with Crippen LogP contribution in [0.25, 0.3) is 0 Å². The van der Waals surface area contributed by atoms with Crippen molar-refractivity contribution in [2.24, 2.45) is 0 Å². The number of carbonyl (C=O) groups is 2. The highest BCUT2D eigenvalue weighted by Crippen LogP contribution is 2.28. The van der Waals surface area contributed by atoms with E-state index in [9.17, 15) is 18.0 Å².